The summed E-state index contributed by atoms with van der Waals surface area (Å²) in [6, 6.07) is 3.94. The normalized spacial score (nSPS) is 12.2. The van der Waals surface area contributed by atoms with Crippen molar-refractivity contribution in [1.29, 1.82) is 0 Å². The van der Waals surface area contributed by atoms with Crippen LogP contribution in [-0.2, 0) is 0 Å². The lowest BCUT2D eigenvalue weighted by Crippen LogP contribution is -2.09. The van der Waals surface area contributed by atoms with Gasteiger partial charge in [-0.15, -0.1) is 0 Å². The SMILES string of the molecule is COc1ncnc(NC(C)c2ccc(C)o2)c1C. The fraction of sp³-hybridized carbons (Fsp3) is 0.385. The van der Waals surface area contributed by atoms with Gasteiger partial charge >= 0.3 is 0 Å². The van der Waals surface area contributed by atoms with Gasteiger partial charge < -0.3 is 14.5 Å². The number of aromatic nitrogens is 2. The Morgan fingerprint density at radius 2 is 2.06 bits per heavy atom. The summed E-state index contributed by atoms with van der Waals surface area (Å²) in [5.41, 5.74) is 0.884. The van der Waals surface area contributed by atoms with Crippen LogP contribution in [0.4, 0.5) is 5.82 Å². The molecule has 5 nitrogen and oxygen atoms in total. The van der Waals surface area contributed by atoms with Crippen molar-refractivity contribution in [2.45, 2.75) is 26.8 Å². The molecule has 0 aliphatic carbocycles. The lowest BCUT2D eigenvalue weighted by Gasteiger charge is -2.14. The van der Waals surface area contributed by atoms with Gasteiger partial charge in [0.25, 0.3) is 0 Å². The number of nitrogens with one attached hydrogen (secondary N) is 1. The van der Waals surface area contributed by atoms with Crippen molar-refractivity contribution < 1.29 is 9.15 Å². The second-order valence-electron chi connectivity index (χ2n) is 4.17. The molecule has 0 aliphatic heterocycles. The zero-order valence-corrected chi connectivity index (χ0v) is 11.0. The lowest BCUT2D eigenvalue weighted by atomic mass is 10.2. The first-order valence-electron chi connectivity index (χ1n) is 5.80. The number of methoxy groups -OCH3 is 1. The van der Waals surface area contributed by atoms with Crippen LogP contribution >= 0.6 is 0 Å². The Kier molecular flexibility index (Phi) is 3.50. The van der Waals surface area contributed by atoms with Crippen LogP contribution in [-0.4, -0.2) is 17.1 Å². The van der Waals surface area contributed by atoms with Crippen LogP contribution in [0.2, 0.25) is 0 Å². The van der Waals surface area contributed by atoms with Gasteiger partial charge in [-0.05, 0) is 32.9 Å². The van der Waals surface area contributed by atoms with Crippen LogP contribution in [0, 0.1) is 13.8 Å². The third-order valence-electron chi connectivity index (χ3n) is 2.77. The third kappa shape index (κ3) is 2.45. The molecule has 1 N–H and O–H groups in total. The molecule has 2 heterocycles. The molecule has 0 aromatic carbocycles. The number of aryl methyl sites for hydroxylation is 1. The summed E-state index contributed by atoms with van der Waals surface area (Å²) in [7, 11) is 1.60. The topological polar surface area (TPSA) is 60.2 Å². The third-order valence-corrected chi connectivity index (χ3v) is 2.77. The van der Waals surface area contributed by atoms with E-state index in [1.807, 2.05) is 32.9 Å². The highest BCUT2D eigenvalue weighted by Crippen LogP contribution is 2.25. The summed E-state index contributed by atoms with van der Waals surface area (Å²) in [6.07, 6.45) is 1.48. The van der Waals surface area contributed by atoms with Crippen molar-refractivity contribution in [2.24, 2.45) is 0 Å². The van der Waals surface area contributed by atoms with E-state index in [1.54, 1.807) is 7.11 Å². The Labute approximate surface area is 106 Å². The molecule has 0 saturated carbocycles. The average molecular weight is 247 g/mol. The van der Waals surface area contributed by atoms with Gasteiger partial charge in [0.15, 0.2) is 0 Å². The van der Waals surface area contributed by atoms with E-state index in [0.717, 1.165) is 22.9 Å². The number of rotatable bonds is 4. The summed E-state index contributed by atoms with van der Waals surface area (Å²) < 4.78 is 10.7. The summed E-state index contributed by atoms with van der Waals surface area (Å²) in [6.45, 7) is 5.86. The first kappa shape index (κ1) is 12.4. The van der Waals surface area contributed by atoms with Gasteiger partial charge in [0.05, 0.1) is 18.7 Å². The van der Waals surface area contributed by atoms with Gasteiger partial charge in [0, 0.05) is 0 Å². The predicted molar refractivity (Wildman–Crippen MR) is 68.8 cm³/mol. The molecule has 2 rings (SSSR count). The van der Waals surface area contributed by atoms with Crippen LogP contribution in [0.5, 0.6) is 5.88 Å². The molecule has 0 spiro atoms. The van der Waals surface area contributed by atoms with E-state index in [4.69, 9.17) is 9.15 Å². The predicted octanol–water partition coefficient (Wildman–Crippen LogP) is 2.87. The maximum Gasteiger partial charge on any atom is 0.221 e. The fourth-order valence-corrected chi connectivity index (χ4v) is 1.75. The molecular weight excluding hydrogens is 230 g/mol. The zero-order chi connectivity index (χ0) is 13.1. The smallest absolute Gasteiger partial charge is 0.221 e. The molecule has 0 amide bonds. The van der Waals surface area contributed by atoms with Gasteiger partial charge in [0.2, 0.25) is 5.88 Å². The highest BCUT2D eigenvalue weighted by Gasteiger charge is 2.13. The van der Waals surface area contributed by atoms with Crippen LogP contribution in [0.15, 0.2) is 22.9 Å². The molecule has 0 fully saturated rings. The number of furan rings is 1. The molecule has 0 aliphatic rings. The van der Waals surface area contributed by atoms with Gasteiger partial charge in [0.1, 0.15) is 23.7 Å². The van der Waals surface area contributed by atoms with Crippen molar-refractivity contribution in [1.82, 2.24) is 9.97 Å². The van der Waals surface area contributed by atoms with Crippen molar-refractivity contribution in [2.75, 3.05) is 12.4 Å². The van der Waals surface area contributed by atoms with Crippen LogP contribution in [0.3, 0.4) is 0 Å². The minimum absolute atomic E-state index is 0.0389. The molecular formula is C13H17N3O2. The molecule has 1 atom stereocenters. The second-order valence-corrected chi connectivity index (χ2v) is 4.17. The van der Waals surface area contributed by atoms with Gasteiger partial charge in [-0.25, -0.2) is 9.97 Å². The van der Waals surface area contributed by atoms with Crippen molar-refractivity contribution in [3.8, 4) is 5.88 Å². The monoisotopic (exact) mass is 247 g/mol. The van der Waals surface area contributed by atoms with E-state index in [0.29, 0.717) is 5.88 Å². The summed E-state index contributed by atoms with van der Waals surface area (Å²) >= 11 is 0. The van der Waals surface area contributed by atoms with E-state index in [1.165, 1.54) is 6.33 Å². The van der Waals surface area contributed by atoms with Gasteiger partial charge in [-0.3, -0.25) is 0 Å². The summed E-state index contributed by atoms with van der Waals surface area (Å²) in [5.74, 6) is 3.11. The number of nitrogens with zero attached hydrogens (tertiary/aromatic N) is 2. The number of hydrogen-bond donors (Lipinski definition) is 1. The molecule has 18 heavy (non-hydrogen) atoms. The standard InChI is InChI=1S/C13H17N3O2/c1-8-5-6-11(18-8)10(3)16-12-9(2)13(17-4)15-7-14-12/h5-7,10H,1-4H3,(H,14,15,16). The summed E-state index contributed by atoms with van der Waals surface area (Å²) in [5, 5.41) is 3.29. The molecule has 0 bridgehead atoms. The quantitative estimate of drug-likeness (QED) is 0.900. The van der Waals surface area contributed by atoms with Crippen LogP contribution < -0.4 is 10.1 Å². The average Bonchev–Trinajstić information content (AvgIpc) is 2.78. The molecule has 2 aromatic rings. The van der Waals surface area contributed by atoms with Gasteiger partial charge in [-0.1, -0.05) is 0 Å². The van der Waals surface area contributed by atoms with Crippen molar-refractivity contribution in [3.05, 3.63) is 35.5 Å². The molecule has 0 saturated heterocycles. The van der Waals surface area contributed by atoms with Gasteiger partial charge in [-0.2, -0.15) is 0 Å². The minimum atomic E-state index is 0.0389. The Morgan fingerprint density at radius 1 is 1.28 bits per heavy atom. The Hall–Kier alpha value is -2.04. The Bertz CT molecular complexity index is 537. The summed E-state index contributed by atoms with van der Waals surface area (Å²) in [4.78, 5) is 8.26. The van der Waals surface area contributed by atoms with Crippen LogP contribution in [0.25, 0.3) is 0 Å². The number of hydrogen-bond acceptors (Lipinski definition) is 5. The second kappa shape index (κ2) is 5.08. The fourth-order valence-electron chi connectivity index (χ4n) is 1.75. The van der Waals surface area contributed by atoms with E-state index >= 15 is 0 Å². The van der Waals surface area contributed by atoms with Crippen LogP contribution in [0.1, 0.15) is 30.0 Å². The molecule has 96 valence electrons. The maximum absolute atomic E-state index is 5.58. The Morgan fingerprint density at radius 3 is 2.67 bits per heavy atom. The minimum Gasteiger partial charge on any atom is -0.481 e. The number of anilines is 1. The molecule has 2 aromatic heterocycles. The largest absolute Gasteiger partial charge is 0.481 e. The first-order valence-corrected chi connectivity index (χ1v) is 5.80. The van der Waals surface area contributed by atoms with Crippen molar-refractivity contribution >= 4 is 5.82 Å². The molecule has 1 unspecified atom stereocenters. The van der Waals surface area contributed by atoms with E-state index in [9.17, 15) is 0 Å². The lowest BCUT2D eigenvalue weighted by molar-refractivity contribution is 0.393. The van der Waals surface area contributed by atoms with E-state index < -0.39 is 0 Å². The zero-order valence-electron chi connectivity index (χ0n) is 11.0. The van der Waals surface area contributed by atoms with E-state index in [2.05, 4.69) is 15.3 Å². The Balaban J connectivity index is 2.19. The molecule has 5 heteroatoms. The van der Waals surface area contributed by atoms with Crippen molar-refractivity contribution in [3.63, 3.8) is 0 Å². The van der Waals surface area contributed by atoms with E-state index in [-0.39, 0.29) is 6.04 Å². The molecule has 0 radical (unpaired) electrons. The highest BCUT2D eigenvalue weighted by atomic mass is 16.5. The number of ether oxygens (including phenoxy) is 1. The first-order chi connectivity index (χ1) is 8.61. The highest BCUT2D eigenvalue weighted by molar-refractivity contribution is 5.48. The maximum atomic E-state index is 5.58.